The third-order valence-electron chi connectivity index (χ3n) is 4.42. The molecule has 1 aromatic carbocycles. The third-order valence-corrected chi connectivity index (χ3v) is 4.42. The molecule has 1 aromatic heterocycles. The summed E-state index contributed by atoms with van der Waals surface area (Å²) in [6.07, 6.45) is -4.68. The Bertz CT molecular complexity index is 849. The van der Waals surface area contributed by atoms with Crippen LogP contribution in [0.25, 0.3) is 10.9 Å². The van der Waals surface area contributed by atoms with Gasteiger partial charge in [-0.3, -0.25) is 9.89 Å². The summed E-state index contributed by atoms with van der Waals surface area (Å²) in [6, 6.07) is 2.10. The van der Waals surface area contributed by atoms with Gasteiger partial charge in [0.25, 0.3) is 5.91 Å². The Kier molecular flexibility index (Phi) is 4.61. The van der Waals surface area contributed by atoms with Crippen LogP contribution in [0.2, 0.25) is 0 Å². The van der Waals surface area contributed by atoms with E-state index in [1.807, 2.05) is 0 Å². The van der Waals surface area contributed by atoms with Crippen molar-refractivity contribution < 1.29 is 32.2 Å². The second-order valence-electron chi connectivity index (χ2n) is 5.92. The van der Waals surface area contributed by atoms with Crippen LogP contribution >= 0.6 is 0 Å². The van der Waals surface area contributed by atoms with Crippen molar-refractivity contribution >= 4 is 22.8 Å². The predicted molar refractivity (Wildman–Crippen MR) is 83.4 cm³/mol. The number of esters is 1. The van der Waals surface area contributed by atoms with Crippen molar-refractivity contribution in [3.8, 4) is 0 Å². The standard InChI is InChI=1S/C16H16F3N3O4/c1-25-9-6-12(15(24)26-2)22(7-9)14(23)13-10-5-8(16(17,18)19)3-4-11(10)20-21-13/h3-5,9,12H,6-7H2,1-2H3,(H,20,21)/t9-,12-/m1/s1. The molecule has 0 spiro atoms. The number of amides is 1. The number of likely N-dealkylation sites (tertiary alicyclic amines) is 1. The third kappa shape index (κ3) is 3.12. The molecular formula is C16H16F3N3O4. The first-order valence-electron chi connectivity index (χ1n) is 7.73. The van der Waals surface area contributed by atoms with Gasteiger partial charge >= 0.3 is 12.1 Å². The summed E-state index contributed by atoms with van der Waals surface area (Å²) in [5, 5.41) is 6.44. The minimum Gasteiger partial charge on any atom is -0.467 e. The van der Waals surface area contributed by atoms with Crippen LogP contribution in [-0.2, 0) is 20.4 Å². The van der Waals surface area contributed by atoms with Gasteiger partial charge in [-0.15, -0.1) is 0 Å². The van der Waals surface area contributed by atoms with E-state index >= 15 is 0 Å². The Labute approximate surface area is 146 Å². The van der Waals surface area contributed by atoms with Gasteiger partial charge in [0.15, 0.2) is 5.69 Å². The van der Waals surface area contributed by atoms with Gasteiger partial charge in [-0.1, -0.05) is 0 Å². The molecule has 0 radical (unpaired) electrons. The molecule has 1 N–H and O–H groups in total. The fourth-order valence-corrected chi connectivity index (χ4v) is 3.04. The number of carbonyl (C=O) groups excluding carboxylic acids is 2. The van der Waals surface area contributed by atoms with Crippen molar-refractivity contribution in [1.82, 2.24) is 15.1 Å². The number of nitrogens with zero attached hydrogens (tertiary/aromatic N) is 2. The number of alkyl halides is 3. The lowest BCUT2D eigenvalue weighted by atomic mass is 10.1. The zero-order valence-electron chi connectivity index (χ0n) is 14.0. The molecule has 2 atom stereocenters. The maximum atomic E-state index is 13.0. The summed E-state index contributed by atoms with van der Waals surface area (Å²) in [5.74, 6) is -1.28. The summed E-state index contributed by atoms with van der Waals surface area (Å²) in [4.78, 5) is 26.1. The van der Waals surface area contributed by atoms with Gasteiger partial charge in [-0.2, -0.15) is 18.3 Å². The second-order valence-corrected chi connectivity index (χ2v) is 5.92. The molecular weight excluding hydrogens is 355 g/mol. The van der Waals surface area contributed by atoms with E-state index in [4.69, 9.17) is 9.47 Å². The summed E-state index contributed by atoms with van der Waals surface area (Å²) < 4.78 is 48.8. The van der Waals surface area contributed by atoms with Gasteiger partial charge in [0.1, 0.15) is 6.04 Å². The van der Waals surface area contributed by atoms with Gasteiger partial charge < -0.3 is 14.4 Å². The molecule has 0 saturated carbocycles. The first-order valence-corrected chi connectivity index (χ1v) is 7.73. The van der Waals surface area contributed by atoms with Crippen molar-refractivity contribution in [3.05, 3.63) is 29.5 Å². The number of hydrogen-bond acceptors (Lipinski definition) is 5. The normalized spacial score (nSPS) is 20.6. The van der Waals surface area contributed by atoms with Crippen LogP contribution in [0.5, 0.6) is 0 Å². The highest BCUT2D eigenvalue weighted by atomic mass is 19.4. The monoisotopic (exact) mass is 371 g/mol. The second kappa shape index (κ2) is 6.60. The van der Waals surface area contributed by atoms with Crippen LogP contribution in [0.1, 0.15) is 22.5 Å². The Morgan fingerprint density at radius 1 is 1.31 bits per heavy atom. The topological polar surface area (TPSA) is 84.5 Å². The van der Waals surface area contributed by atoms with E-state index in [1.165, 1.54) is 25.2 Å². The maximum Gasteiger partial charge on any atom is 0.416 e. The van der Waals surface area contributed by atoms with E-state index in [2.05, 4.69) is 10.2 Å². The lowest BCUT2D eigenvalue weighted by Gasteiger charge is -2.21. The number of carbonyl (C=O) groups is 2. The minimum absolute atomic E-state index is 0.0364. The molecule has 26 heavy (non-hydrogen) atoms. The van der Waals surface area contributed by atoms with E-state index in [1.54, 1.807) is 0 Å². The number of H-pyrrole nitrogens is 1. The molecule has 7 nitrogen and oxygen atoms in total. The van der Waals surface area contributed by atoms with Crippen molar-refractivity contribution in [2.24, 2.45) is 0 Å². The number of aromatic nitrogens is 2. The summed E-state index contributed by atoms with van der Waals surface area (Å²) in [5.41, 5.74) is -0.781. The number of ether oxygens (including phenoxy) is 2. The number of nitrogens with one attached hydrogen (secondary N) is 1. The zero-order chi connectivity index (χ0) is 19.1. The van der Waals surface area contributed by atoms with Crippen LogP contribution in [0, 0.1) is 0 Å². The summed E-state index contributed by atoms with van der Waals surface area (Å²) in [6.45, 7) is 0.114. The number of rotatable bonds is 3. The molecule has 1 aliphatic heterocycles. The quantitative estimate of drug-likeness (QED) is 0.834. The molecule has 1 fully saturated rings. The van der Waals surface area contributed by atoms with E-state index in [0.29, 0.717) is 5.52 Å². The smallest absolute Gasteiger partial charge is 0.416 e. The van der Waals surface area contributed by atoms with Crippen molar-refractivity contribution in [3.63, 3.8) is 0 Å². The minimum atomic E-state index is -4.55. The fraction of sp³-hybridized carbons (Fsp3) is 0.438. The molecule has 0 bridgehead atoms. The average Bonchev–Trinajstić information content (AvgIpc) is 3.23. The number of benzene rings is 1. The Morgan fingerprint density at radius 3 is 2.65 bits per heavy atom. The maximum absolute atomic E-state index is 13.0. The number of methoxy groups -OCH3 is 2. The van der Waals surface area contributed by atoms with E-state index in [9.17, 15) is 22.8 Å². The van der Waals surface area contributed by atoms with Crippen LogP contribution in [0.4, 0.5) is 13.2 Å². The largest absolute Gasteiger partial charge is 0.467 e. The van der Waals surface area contributed by atoms with E-state index in [0.717, 1.165) is 12.1 Å². The highest BCUT2D eigenvalue weighted by Crippen LogP contribution is 2.32. The van der Waals surface area contributed by atoms with Crippen LogP contribution in [0.3, 0.4) is 0 Å². The predicted octanol–water partition coefficient (Wildman–Crippen LogP) is 1.98. The van der Waals surface area contributed by atoms with Crippen molar-refractivity contribution in [2.75, 3.05) is 20.8 Å². The summed E-state index contributed by atoms with van der Waals surface area (Å²) >= 11 is 0. The fourth-order valence-electron chi connectivity index (χ4n) is 3.04. The SMILES string of the molecule is COC(=O)[C@H]1C[C@@H](OC)CN1C(=O)c1n[nH]c2ccc(C(F)(F)F)cc12. The lowest BCUT2D eigenvalue weighted by Crippen LogP contribution is -2.41. The Hall–Kier alpha value is -2.62. The first-order chi connectivity index (χ1) is 12.3. The van der Waals surface area contributed by atoms with E-state index < -0.39 is 29.7 Å². The van der Waals surface area contributed by atoms with Gasteiger partial charge in [0, 0.05) is 25.5 Å². The first kappa shape index (κ1) is 18.2. The lowest BCUT2D eigenvalue weighted by molar-refractivity contribution is -0.145. The zero-order valence-corrected chi connectivity index (χ0v) is 14.0. The molecule has 2 heterocycles. The Balaban J connectivity index is 1.99. The van der Waals surface area contributed by atoms with Crippen LogP contribution < -0.4 is 0 Å². The van der Waals surface area contributed by atoms with Crippen molar-refractivity contribution in [2.45, 2.75) is 24.7 Å². The molecule has 10 heteroatoms. The van der Waals surface area contributed by atoms with Gasteiger partial charge in [0.2, 0.25) is 0 Å². The molecule has 3 rings (SSSR count). The summed E-state index contributed by atoms with van der Waals surface area (Å²) in [7, 11) is 2.65. The number of aromatic amines is 1. The number of halogens is 3. The average molecular weight is 371 g/mol. The van der Waals surface area contributed by atoms with Gasteiger partial charge in [-0.25, -0.2) is 4.79 Å². The van der Waals surface area contributed by atoms with Gasteiger partial charge in [-0.05, 0) is 18.2 Å². The molecule has 1 saturated heterocycles. The number of fused-ring (bicyclic) bond motifs is 1. The molecule has 1 amide bonds. The molecule has 2 aromatic rings. The Morgan fingerprint density at radius 2 is 2.04 bits per heavy atom. The van der Waals surface area contributed by atoms with Crippen LogP contribution in [-0.4, -0.2) is 59.9 Å². The van der Waals surface area contributed by atoms with Crippen LogP contribution in [0.15, 0.2) is 18.2 Å². The van der Waals surface area contributed by atoms with Crippen molar-refractivity contribution in [1.29, 1.82) is 0 Å². The molecule has 140 valence electrons. The van der Waals surface area contributed by atoms with E-state index in [-0.39, 0.29) is 30.1 Å². The molecule has 0 aliphatic carbocycles. The highest BCUT2D eigenvalue weighted by molar-refractivity contribution is 6.06. The molecule has 1 aliphatic rings. The number of hydrogen-bond donors (Lipinski definition) is 1. The van der Waals surface area contributed by atoms with Gasteiger partial charge in [0.05, 0.1) is 24.3 Å². The molecule has 0 unspecified atom stereocenters. The highest BCUT2D eigenvalue weighted by Gasteiger charge is 2.42.